The van der Waals surface area contributed by atoms with Gasteiger partial charge in [0, 0.05) is 0 Å². The van der Waals surface area contributed by atoms with E-state index in [0.29, 0.717) is 0 Å². The van der Waals surface area contributed by atoms with Gasteiger partial charge in [-0.25, -0.2) is 0 Å². The Hall–Kier alpha value is -1.44. The second kappa shape index (κ2) is 9.59. The van der Waals surface area contributed by atoms with Crippen LogP contribution in [-0.4, -0.2) is 48.4 Å². The first-order chi connectivity index (χ1) is 12.4. The van der Waals surface area contributed by atoms with Crippen LogP contribution in [0.2, 0.25) is 0 Å². The number of carbonyl (C=O) groups is 1. The normalized spacial score (nSPS) is 14.5. The van der Waals surface area contributed by atoms with E-state index in [-0.39, 0.29) is 21.3 Å². The fourth-order valence-electron chi connectivity index (χ4n) is 1.57. The smallest absolute Gasteiger partial charge is 0.460 e. The first-order valence-corrected chi connectivity index (χ1v) is 7.57. The molecule has 31 heavy (non-hydrogen) atoms. The summed E-state index contributed by atoms with van der Waals surface area (Å²) in [5, 5.41) is 0. The van der Waals surface area contributed by atoms with Crippen LogP contribution in [0, 0.1) is 5.41 Å². The number of alkyl halides is 13. The molecule has 0 atom stereocenters. The van der Waals surface area contributed by atoms with Crippen molar-refractivity contribution in [1.29, 1.82) is 0 Å². The topological polar surface area (TPSA) is 26.3 Å². The number of hydrogen-bond donors (Lipinski definition) is 0. The third kappa shape index (κ3) is 5.68. The molecule has 0 fully saturated rings. The van der Waals surface area contributed by atoms with Gasteiger partial charge in [-0.3, -0.25) is 4.79 Å². The highest BCUT2D eigenvalue weighted by Crippen LogP contribution is 2.60. The zero-order valence-corrected chi connectivity index (χ0v) is 14.9. The van der Waals surface area contributed by atoms with Crippen molar-refractivity contribution in [2.45, 2.75) is 84.3 Å². The maximum Gasteiger partial charge on any atom is 0.460 e. The minimum Gasteiger partial charge on any atom is -0.465 e. The first-order valence-electron chi connectivity index (χ1n) is 7.57. The molecule has 0 aromatic carbocycles. The van der Waals surface area contributed by atoms with Crippen molar-refractivity contribution in [2.75, 3.05) is 6.61 Å². The van der Waals surface area contributed by atoms with Gasteiger partial charge in [0.05, 0.1) is 18.4 Å². The van der Waals surface area contributed by atoms with Crippen LogP contribution in [-0.2, 0) is 9.53 Å². The second-order valence-electron chi connectivity index (χ2n) is 6.62. The Labute approximate surface area is 170 Å². The standard InChI is InChI=1S/C14H15F13O2.2CH4/c1-4-8(2,3)7(28)29-6-5-9(15,16)10(17,18)11(19,20)12(21,22)13(23,24)14(25,26)27;;/h4-6H2,1-3H3;2*1H4. The molecule has 0 aromatic rings. The molecule has 0 amide bonds. The van der Waals surface area contributed by atoms with Gasteiger partial charge in [0.25, 0.3) is 0 Å². The monoisotopic (exact) mass is 494 g/mol. The van der Waals surface area contributed by atoms with Crippen LogP contribution in [0.15, 0.2) is 0 Å². The lowest BCUT2D eigenvalue weighted by molar-refractivity contribution is -0.440. The number of hydrogen-bond acceptors (Lipinski definition) is 2. The Morgan fingerprint density at radius 2 is 1.03 bits per heavy atom. The molecule has 0 saturated heterocycles. The predicted molar refractivity (Wildman–Crippen MR) is 83.9 cm³/mol. The van der Waals surface area contributed by atoms with Crippen molar-refractivity contribution in [3.05, 3.63) is 0 Å². The van der Waals surface area contributed by atoms with Crippen molar-refractivity contribution in [3.8, 4) is 0 Å². The zero-order chi connectivity index (χ0) is 23.9. The van der Waals surface area contributed by atoms with Crippen molar-refractivity contribution in [3.63, 3.8) is 0 Å². The maximum atomic E-state index is 13.5. The van der Waals surface area contributed by atoms with Crippen LogP contribution in [0.1, 0.15) is 48.5 Å². The molecule has 0 aliphatic rings. The Balaban J connectivity index is -0.00000392. The van der Waals surface area contributed by atoms with E-state index in [0.717, 1.165) is 0 Å². The minimum atomic E-state index is -7.94. The number of carbonyl (C=O) groups excluding carboxylic acids is 1. The summed E-state index contributed by atoms with van der Waals surface area (Å²) in [4.78, 5) is 11.5. The van der Waals surface area contributed by atoms with E-state index < -0.39 is 60.2 Å². The fraction of sp³-hybridized carbons (Fsp3) is 0.938. The lowest BCUT2D eigenvalue weighted by Crippen LogP contribution is -2.70. The van der Waals surface area contributed by atoms with E-state index in [9.17, 15) is 61.9 Å². The summed E-state index contributed by atoms with van der Waals surface area (Å²) in [5.41, 5.74) is -1.33. The zero-order valence-electron chi connectivity index (χ0n) is 14.9. The summed E-state index contributed by atoms with van der Waals surface area (Å²) in [6.07, 6.45) is -9.96. The van der Waals surface area contributed by atoms with Crippen LogP contribution < -0.4 is 0 Å². The third-order valence-electron chi connectivity index (χ3n) is 4.08. The van der Waals surface area contributed by atoms with Gasteiger partial charge in [-0.05, 0) is 20.3 Å². The SMILES string of the molecule is C.C.CCC(C)(C)C(=O)OCCC(F)(F)C(F)(F)C(F)(F)C(F)(F)C(F)(F)C(F)(F)F. The molecule has 0 unspecified atom stereocenters. The van der Waals surface area contributed by atoms with Crippen molar-refractivity contribution < 1.29 is 66.6 Å². The van der Waals surface area contributed by atoms with Crippen LogP contribution in [0.4, 0.5) is 57.1 Å². The number of ether oxygens (including phenoxy) is 1. The van der Waals surface area contributed by atoms with Gasteiger partial charge < -0.3 is 4.74 Å². The minimum absolute atomic E-state index is 0. The average molecular weight is 494 g/mol. The molecule has 0 aromatic heterocycles. The van der Waals surface area contributed by atoms with Crippen LogP contribution in [0.5, 0.6) is 0 Å². The summed E-state index contributed by atoms with van der Waals surface area (Å²) < 4.78 is 172. The molecule has 0 aliphatic carbocycles. The number of rotatable bonds is 9. The number of halogens is 13. The molecule has 0 aliphatic heterocycles. The number of esters is 1. The Morgan fingerprint density at radius 3 is 1.35 bits per heavy atom. The molecular weight excluding hydrogens is 471 g/mol. The second-order valence-corrected chi connectivity index (χ2v) is 6.62. The summed E-state index contributed by atoms with van der Waals surface area (Å²) in [7, 11) is 0. The highest BCUT2D eigenvalue weighted by atomic mass is 19.4. The largest absolute Gasteiger partial charge is 0.465 e. The molecule has 0 spiro atoms. The molecule has 0 rings (SSSR count). The van der Waals surface area contributed by atoms with Gasteiger partial charge in [-0.1, -0.05) is 21.8 Å². The van der Waals surface area contributed by atoms with Crippen LogP contribution in [0.3, 0.4) is 0 Å². The van der Waals surface area contributed by atoms with Crippen LogP contribution in [0.25, 0.3) is 0 Å². The lowest BCUT2D eigenvalue weighted by Gasteiger charge is -2.39. The molecule has 0 N–H and O–H groups in total. The van der Waals surface area contributed by atoms with Gasteiger partial charge >= 0.3 is 41.8 Å². The van der Waals surface area contributed by atoms with Gasteiger partial charge in [-0.2, -0.15) is 57.1 Å². The average Bonchev–Trinajstić information content (AvgIpc) is 2.52. The maximum absolute atomic E-state index is 13.5. The fourth-order valence-corrected chi connectivity index (χ4v) is 1.57. The molecule has 0 bridgehead atoms. The van der Waals surface area contributed by atoms with Gasteiger partial charge in [0.15, 0.2) is 0 Å². The highest BCUT2D eigenvalue weighted by molar-refractivity contribution is 5.75. The molecule has 0 saturated carbocycles. The summed E-state index contributed by atoms with van der Waals surface area (Å²) >= 11 is 0. The van der Waals surface area contributed by atoms with E-state index in [1.807, 2.05) is 0 Å². The van der Waals surface area contributed by atoms with Gasteiger partial charge in [0.1, 0.15) is 0 Å². The van der Waals surface area contributed by atoms with E-state index >= 15 is 0 Å². The van der Waals surface area contributed by atoms with Gasteiger partial charge in [-0.15, -0.1) is 0 Å². The molecule has 15 heteroatoms. The van der Waals surface area contributed by atoms with E-state index in [1.54, 1.807) is 0 Å². The Morgan fingerprint density at radius 1 is 0.677 bits per heavy atom. The summed E-state index contributed by atoms with van der Waals surface area (Å²) in [5.74, 6) is -38.4. The highest BCUT2D eigenvalue weighted by Gasteiger charge is 2.90. The molecule has 0 heterocycles. The quantitative estimate of drug-likeness (QED) is 0.247. The third-order valence-corrected chi connectivity index (χ3v) is 4.08. The van der Waals surface area contributed by atoms with E-state index in [2.05, 4.69) is 4.74 Å². The molecular formula is C16H23F13O2. The van der Waals surface area contributed by atoms with E-state index in [1.165, 1.54) is 20.8 Å². The van der Waals surface area contributed by atoms with Crippen molar-refractivity contribution in [2.24, 2.45) is 5.41 Å². The molecule has 2 nitrogen and oxygen atoms in total. The van der Waals surface area contributed by atoms with Crippen molar-refractivity contribution in [1.82, 2.24) is 0 Å². The summed E-state index contributed by atoms with van der Waals surface area (Å²) in [6.45, 7) is 2.13. The van der Waals surface area contributed by atoms with Crippen molar-refractivity contribution >= 4 is 5.97 Å². The predicted octanol–water partition coefficient (Wildman–Crippen LogP) is 7.37. The summed E-state index contributed by atoms with van der Waals surface area (Å²) in [6, 6.07) is 0. The molecule has 190 valence electrons. The lowest BCUT2D eigenvalue weighted by atomic mass is 9.90. The first kappa shape index (κ1) is 34.2. The molecule has 0 radical (unpaired) electrons. The van der Waals surface area contributed by atoms with Gasteiger partial charge in [0.2, 0.25) is 0 Å². The van der Waals surface area contributed by atoms with E-state index in [4.69, 9.17) is 0 Å². The van der Waals surface area contributed by atoms with Crippen LogP contribution >= 0.6 is 0 Å². The Kier molecular flexibility index (Phi) is 10.6. The Bertz CT molecular complexity index is 595.